The minimum atomic E-state index is -0.192. The van der Waals surface area contributed by atoms with Crippen molar-refractivity contribution in [3.63, 3.8) is 0 Å². The Balaban J connectivity index is 2.03. The first-order valence-corrected chi connectivity index (χ1v) is 6.64. The maximum Gasteiger partial charge on any atom is 0.123 e. The van der Waals surface area contributed by atoms with Gasteiger partial charge in [-0.05, 0) is 44.0 Å². The Kier molecular flexibility index (Phi) is 4.33. The maximum absolute atomic E-state index is 12.9. The molecule has 0 saturated heterocycles. The lowest BCUT2D eigenvalue weighted by Crippen LogP contribution is -2.22. The fourth-order valence-electron chi connectivity index (χ4n) is 2.17. The molecule has 1 nitrogen and oxygen atoms in total. The molecule has 0 aliphatic heterocycles. The summed E-state index contributed by atoms with van der Waals surface area (Å²) in [6, 6.07) is 15.6. The molecule has 19 heavy (non-hydrogen) atoms. The van der Waals surface area contributed by atoms with Gasteiger partial charge in [-0.15, -0.1) is 0 Å². The summed E-state index contributed by atoms with van der Waals surface area (Å²) in [5.41, 5.74) is 3.63. The largest absolute Gasteiger partial charge is 0.304 e. The third-order valence-corrected chi connectivity index (χ3v) is 3.45. The van der Waals surface area contributed by atoms with E-state index in [1.54, 1.807) is 0 Å². The topological polar surface area (TPSA) is 12.0 Å². The van der Waals surface area contributed by atoms with Crippen LogP contribution < -0.4 is 5.32 Å². The number of aryl methyl sites for hydroxylation is 1. The first-order valence-electron chi connectivity index (χ1n) is 6.64. The normalized spacial score (nSPS) is 14.1. The number of nitrogens with one attached hydrogen (secondary N) is 1. The van der Waals surface area contributed by atoms with E-state index >= 15 is 0 Å². The van der Waals surface area contributed by atoms with E-state index < -0.39 is 0 Å². The fourth-order valence-corrected chi connectivity index (χ4v) is 2.17. The van der Waals surface area contributed by atoms with Gasteiger partial charge in [-0.2, -0.15) is 0 Å². The van der Waals surface area contributed by atoms with Gasteiger partial charge in [0, 0.05) is 12.1 Å². The van der Waals surface area contributed by atoms with E-state index in [1.807, 2.05) is 12.1 Å². The zero-order valence-corrected chi connectivity index (χ0v) is 11.7. The lowest BCUT2D eigenvalue weighted by atomic mass is 10.0. The lowest BCUT2D eigenvalue weighted by Gasteiger charge is -2.21. The van der Waals surface area contributed by atoms with Crippen molar-refractivity contribution in [2.45, 2.75) is 32.9 Å². The molecule has 0 saturated carbocycles. The Hall–Kier alpha value is -1.67. The summed E-state index contributed by atoms with van der Waals surface area (Å²) in [4.78, 5) is 0. The second-order valence-corrected chi connectivity index (χ2v) is 5.07. The molecular formula is C17H20FN. The minimum Gasteiger partial charge on any atom is -0.304 e. The van der Waals surface area contributed by atoms with Gasteiger partial charge in [-0.1, -0.05) is 42.0 Å². The van der Waals surface area contributed by atoms with E-state index in [0.717, 1.165) is 5.56 Å². The van der Waals surface area contributed by atoms with Gasteiger partial charge in [0.15, 0.2) is 0 Å². The third kappa shape index (κ3) is 3.65. The molecule has 0 aliphatic rings. The van der Waals surface area contributed by atoms with E-state index in [0.29, 0.717) is 0 Å². The van der Waals surface area contributed by atoms with Crippen molar-refractivity contribution in [2.75, 3.05) is 0 Å². The van der Waals surface area contributed by atoms with E-state index in [1.165, 1.54) is 23.3 Å². The Morgan fingerprint density at radius 2 is 1.21 bits per heavy atom. The molecule has 0 radical (unpaired) electrons. The zero-order chi connectivity index (χ0) is 13.8. The monoisotopic (exact) mass is 257 g/mol. The van der Waals surface area contributed by atoms with E-state index in [9.17, 15) is 4.39 Å². The molecule has 2 aromatic carbocycles. The molecule has 0 aliphatic carbocycles. The molecule has 2 heteroatoms. The predicted molar refractivity (Wildman–Crippen MR) is 77.5 cm³/mol. The van der Waals surface area contributed by atoms with Crippen LogP contribution in [0.4, 0.5) is 4.39 Å². The van der Waals surface area contributed by atoms with Crippen molar-refractivity contribution >= 4 is 0 Å². The van der Waals surface area contributed by atoms with Crippen LogP contribution >= 0.6 is 0 Å². The lowest BCUT2D eigenvalue weighted by molar-refractivity contribution is 0.494. The minimum absolute atomic E-state index is 0.192. The summed E-state index contributed by atoms with van der Waals surface area (Å²) in [7, 11) is 0. The van der Waals surface area contributed by atoms with Crippen molar-refractivity contribution < 1.29 is 4.39 Å². The van der Waals surface area contributed by atoms with Crippen LogP contribution in [0.3, 0.4) is 0 Å². The molecule has 100 valence electrons. The smallest absolute Gasteiger partial charge is 0.123 e. The van der Waals surface area contributed by atoms with Crippen molar-refractivity contribution in [2.24, 2.45) is 0 Å². The van der Waals surface area contributed by atoms with Crippen LogP contribution in [0.2, 0.25) is 0 Å². The standard InChI is InChI=1S/C17H20FN/c1-12-4-6-15(7-5-12)13(2)19-14(3)16-8-10-17(18)11-9-16/h4-11,13-14,19H,1-3H3/t13-,14?/m1/s1. The predicted octanol–water partition coefficient (Wildman–Crippen LogP) is 4.55. The number of halogens is 1. The highest BCUT2D eigenvalue weighted by Crippen LogP contribution is 2.19. The van der Waals surface area contributed by atoms with E-state index in [-0.39, 0.29) is 17.9 Å². The van der Waals surface area contributed by atoms with Gasteiger partial charge < -0.3 is 5.32 Å². The van der Waals surface area contributed by atoms with Gasteiger partial charge in [0.25, 0.3) is 0 Å². The Morgan fingerprint density at radius 3 is 1.68 bits per heavy atom. The maximum atomic E-state index is 12.9. The highest BCUT2D eigenvalue weighted by atomic mass is 19.1. The highest BCUT2D eigenvalue weighted by molar-refractivity contribution is 5.25. The average Bonchev–Trinajstić information content (AvgIpc) is 2.40. The average molecular weight is 257 g/mol. The number of benzene rings is 2. The summed E-state index contributed by atoms with van der Waals surface area (Å²) in [6.07, 6.45) is 0. The summed E-state index contributed by atoms with van der Waals surface area (Å²) in [5.74, 6) is -0.192. The van der Waals surface area contributed by atoms with Gasteiger partial charge in [0.1, 0.15) is 5.82 Å². The first kappa shape index (κ1) is 13.8. The van der Waals surface area contributed by atoms with Crippen LogP contribution in [0, 0.1) is 12.7 Å². The molecule has 0 spiro atoms. The zero-order valence-electron chi connectivity index (χ0n) is 11.7. The Morgan fingerprint density at radius 1 is 0.789 bits per heavy atom. The molecule has 1 N–H and O–H groups in total. The molecule has 0 bridgehead atoms. The highest BCUT2D eigenvalue weighted by Gasteiger charge is 2.10. The number of hydrogen-bond donors (Lipinski definition) is 1. The van der Waals surface area contributed by atoms with Gasteiger partial charge in [-0.3, -0.25) is 0 Å². The first-order chi connectivity index (χ1) is 9.06. The van der Waals surface area contributed by atoms with Gasteiger partial charge >= 0.3 is 0 Å². The summed E-state index contributed by atoms with van der Waals surface area (Å²) < 4.78 is 12.9. The van der Waals surface area contributed by atoms with Gasteiger partial charge in [0.05, 0.1) is 0 Å². The molecule has 0 fully saturated rings. The SMILES string of the molecule is Cc1ccc([C@@H](C)NC(C)c2ccc(F)cc2)cc1. The Labute approximate surface area is 114 Å². The molecule has 2 atom stereocenters. The van der Waals surface area contributed by atoms with E-state index in [4.69, 9.17) is 0 Å². The second-order valence-electron chi connectivity index (χ2n) is 5.07. The van der Waals surface area contributed by atoms with Crippen molar-refractivity contribution in [1.29, 1.82) is 0 Å². The van der Waals surface area contributed by atoms with Gasteiger partial charge in [-0.25, -0.2) is 4.39 Å². The molecule has 0 aromatic heterocycles. The second kappa shape index (κ2) is 5.98. The van der Waals surface area contributed by atoms with Crippen molar-refractivity contribution in [3.05, 3.63) is 71.0 Å². The fraction of sp³-hybridized carbons (Fsp3) is 0.294. The van der Waals surface area contributed by atoms with Crippen molar-refractivity contribution in [1.82, 2.24) is 5.32 Å². The summed E-state index contributed by atoms with van der Waals surface area (Å²) in [6.45, 7) is 6.33. The van der Waals surface area contributed by atoms with Crippen LogP contribution in [0.5, 0.6) is 0 Å². The number of hydrogen-bond acceptors (Lipinski definition) is 1. The quantitative estimate of drug-likeness (QED) is 0.847. The molecule has 0 heterocycles. The number of rotatable bonds is 4. The van der Waals surface area contributed by atoms with Crippen LogP contribution in [-0.4, -0.2) is 0 Å². The van der Waals surface area contributed by atoms with Gasteiger partial charge in [0.2, 0.25) is 0 Å². The molecule has 0 amide bonds. The van der Waals surface area contributed by atoms with E-state index in [2.05, 4.69) is 50.4 Å². The van der Waals surface area contributed by atoms with Crippen LogP contribution in [0.1, 0.15) is 42.6 Å². The van der Waals surface area contributed by atoms with Crippen LogP contribution in [-0.2, 0) is 0 Å². The third-order valence-electron chi connectivity index (χ3n) is 3.45. The molecular weight excluding hydrogens is 237 g/mol. The summed E-state index contributed by atoms with van der Waals surface area (Å²) >= 11 is 0. The summed E-state index contributed by atoms with van der Waals surface area (Å²) in [5, 5.41) is 3.53. The van der Waals surface area contributed by atoms with Crippen LogP contribution in [0.15, 0.2) is 48.5 Å². The van der Waals surface area contributed by atoms with Crippen molar-refractivity contribution in [3.8, 4) is 0 Å². The Bertz CT molecular complexity index is 466. The molecule has 2 rings (SSSR count). The molecule has 2 aromatic rings. The molecule has 1 unspecified atom stereocenters. The van der Waals surface area contributed by atoms with Crippen LogP contribution in [0.25, 0.3) is 0 Å².